The van der Waals surface area contributed by atoms with Crippen molar-refractivity contribution < 1.29 is 27.5 Å². The van der Waals surface area contributed by atoms with Gasteiger partial charge in [-0.15, -0.1) is 0 Å². The van der Waals surface area contributed by atoms with E-state index in [0.717, 1.165) is 10.4 Å². The number of H-pyrrole nitrogens is 1. The molecule has 27 heavy (non-hydrogen) atoms. The number of aromatic nitrogens is 2. The Hall–Kier alpha value is -2.23. The summed E-state index contributed by atoms with van der Waals surface area (Å²) in [5.74, 6) is -2.33. The van der Waals surface area contributed by atoms with Crippen LogP contribution >= 0.6 is 11.6 Å². The van der Waals surface area contributed by atoms with Crippen molar-refractivity contribution in [2.75, 3.05) is 13.7 Å². The fourth-order valence-electron chi connectivity index (χ4n) is 3.50. The lowest BCUT2D eigenvalue weighted by molar-refractivity contribution is -0.165. The van der Waals surface area contributed by atoms with Crippen molar-refractivity contribution in [3.05, 3.63) is 22.3 Å². The molecule has 0 radical (unpaired) electrons. The van der Waals surface area contributed by atoms with Crippen LogP contribution in [0.1, 0.15) is 17.5 Å². The predicted octanol–water partition coefficient (Wildman–Crippen LogP) is 1.10. The smallest absolute Gasteiger partial charge is 0.406 e. The summed E-state index contributed by atoms with van der Waals surface area (Å²) in [6.45, 7) is -1.67. The van der Waals surface area contributed by atoms with Gasteiger partial charge in [-0.25, -0.2) is 0 Å². The molecule has 0 fully saturated rings. The second kappa shape index (κ2) is 7.07. The Labute approximate surface area is 158 Å². The summed E-state index contributed by atoms with van der Waals surface area (Å²) in [7, 11) is 2.98. The van der Waals surface area contributed by atoms with Crippen LogP contribution in [-0.4, -0.2) is 54.7 Å². The maximum atomic E-state index is 13.0. The fraction of sp³-hybridized carbons (Fsp3) is 0.438. The van der Waals surface area contributed by atoms with Crippen LogP contribution in [0.25, 0.3) is 10.9 Å². The van der Waals surface area contributed by atoms with Gasteiger partial charge in [0, 0.05) is 11.9 Å². The van der Waals surface area contributed by atoms with Crippen LogP contribution in [0.4, 0.5) is 13.2 Å². The minimum atomic E-state index is -4.57. The number of fused-ring (bicyclic) bond motifs is 3. The zero-order valence-corrected chi connectivity index (χ0v) is 15.4. The summed E-state index contributed by atoms with van der Waals surface area (Å²) in [6, 6.07) is 1.79. The van der Waals surface area contributed by atoms with Crippen molar-refractivity contribution in [1.82, 2.24) is 15.1 Å². The van der Waals surface area contributed by atoms with Crippen molar-refractivity contribution in [1.29, 1.82) is 0 Å². The highest BCUT2D eigenvalue weighted by atomic mass is 35.5. The van der Waals surface area contributed by atoms with Crippen LogP contribution in [0.2, 0.25) is 5.15 Å². The Morgan fingerprint density at radius 3 is 2.85 bits per heavy atom. The number of hydrogen-bond donors (Lipinski definition) is 1. The highest BCUT2D eigenvalue weighted by Gasteiger charge is 2.39. The molecule has 1 aliphatic rings. The summed E-state index contributed by atoms with van der Waals surface area (Å²) in [5, 5.41) is 7.35. The quantitative estimate of drug-likeness (QED) is 0.617. The van der Waals surface area contributed by atoms with Gasteiger partial charge in [0.15, 0.2) is 5.15 Å². The van der Waals surface area contributed by atoms with Crippen LogP contribution in [0, 0.1) is 5.92 Å². The zero-order chi connectivity index (χ0) is 19.9. The third kappa shape index (κ3) is 3.90. The molecule has 11 heteroatoms. The van der Waals surface area contributed by atoms with Gasteiger partial charge in [0.1, 0.15) is 14.4 Å². The molecule has 3 rings (SSSR count). The molecule has 1 aliphatic heterocycles. The fourth-order valence-corrected chi connectivity index (χ4v) is 3.75. The first-order valence-electron chi connectivity index (χ1n) is 8.18. The Kier molecular flexibility index (Phi) is 5.11. The maximum Gasteiger partial charge on any atom is 0.406 e. The lowest BCUT2D eigenvalue weighted by Gasteiger charge is -2.25. The Morgan fingerprint density at radius 1 is 1.52 bits per heavy atom. The minimum absolute atomic E-state index is 0.121. The third-order valence-corrected chi connectivity index (χ3v) is 4.96. The molecule has 2 aromatic rings. The van der Waals surface area contributed by atoms with Gasteiger partial charge in [0.25, 0.3) is 0 Å². The third-order valence-electron chi connectivity index (χ3n) is 4.68. The van der Waals surface area contributed by atoms with Gasteiger partial charge in [-0.1, -0.05) is 23.1 Å². The summed E-state index contributed by atoms with van der Waals surface area (Å²) in [5.41, 5.74) is 2.61. The van der Waals surface area contributed by atoms with Gasteiger partial charge in [-0.2, -0.15) is 18.3 Å². The normalized spacial score (nSPS) is 17.7. The van der Waals surface area contributed by atoms with Crippen molar-refractivity contribution in [3.8, 4) is 0 Å². The van der Waals surface area contributed by atoms with Crippen molar-refractivity contribution in [2.24, 2.45) is 5.92 Å². The molecule has 0 spiro atoms. The number of amides is 1. The summed E-state index contributed by atoms with van der Waals surface area (Å²) >= 11 is 6.15. The lowest BCUT2D eigenvalue weighted by Crippen LogP contribution is -2.41. The number of carbonyl (C=O) groups excluding carboxylic acids is 2. The molecule has 1 amide bonds. The molecule has 1 N–H and O–H groups in total. The number of benzene rings is 1. The highest BCUT2D eigenvalue weighted by Crippen LogP contribution is 2.33. The number of nitrogens with zero attached hydrogens (tertiary/aromatic N) is 2. The molecule has 0 bridgehead atoms. The van der Waals surface area contributed by atoms with Gasteiger partial charge >= 0.3 is 12.1 Å². The molecule has 2 heterocycles. The molecule has 1 aromatic carbocycles. The van der Waals surface area contributed by atoms with Gasteiger partial charge in [-0.3, -0.25) is 14.7 Å². The summed E-state index contributed by atoms with van der Waals surface area (Å²) < 4.78 is 43.7. The molecule has 1 aromatic heterocycles. The Morgan fingerprint density at radius 2 is 2.22 bits per heavy atom. The van der Waals surface area contributed by atoms with Crippen LogP contribution in [0.3, 0.4) is 0 Å². The molecule has 144 valence electrons. The van der Waals surface area contributed by atoms with E-state index in [4.69, 9.17) is 11.6 Å². The standard InChI is InChI=1S/C16H16BClF3N3O3/c1-27-11(25)4-8-2-7-3-10(17)13-12(14(18)23-22-13)9(7)5-24(15(8)26)6-16(19,20)21/h3,8H,2,4-6,17H2,1H3,(H,22,23)/t8-/m0/s1. The number of carbonyl (C=O) groups is 2. The first-order chi connectivity index (χ1) is 12.6. The van der Waals surface area contributed by atoms with E-state index in [0.29, 0.717) is 22.0 Å². The molecule has 0 saturated carbocycles. The first kappa shape index (κ1) is 19.5. The first-order valence-corrected chi connectivity index (χ1v) is 8.55. The van der Waals surface area contributed by atoms with Crippen LogP contribution in [0.15, 0.2) is 6.07 Å². The second-order valence-corrected chi connectivity index (χ2v) is 6.94. The average Bonchev–Trinajstić information content (AvgIpc) is 2.92. The van der Waals surface area contributed by atoms with E-state index >= 15 is 0 Å². The number of nitrogens with one attached hydrogen (secondary N) is 1. The number of aromatic amines is 1. The SMILES string of the molecule is Bc1cc2c(c3c(Cl)n[nH]c13)CN(CC(F)(F)F)C(=O)[C@H](CC(=O)OC)C2. The van der Waals surface area contributed by atoms with E-state index in [1.54, 1.807) is 6.07 Å². The number of ether oxygens (including phenoxy) is 1. The van der Waals surface area contributed by atoms with Gasteiger partial charge in [0.05, 0.1) is 25.0 Å². The Balaban J connectivity index is 2.13. The predicted molar refractivity (Wildman–Crippen MR) is 94.6 cm³/mol. The van der Waals surface area contributed by atoms with Crippen LogP contribution in [-0.2, 0) is 27.3 Å². The number of methoxy groups -OCH3 is 1. The van der Waals surface area contributed by atoms with E-state index in [-0.39, 0.29) is 24.5 Å². The number of esters is 1. The Bertz CT molecular complexity index is 916. The minimum Gasteiger partial charge on any atom is -0.469 e. The lowest BCUT2D eigenvalue weighted by atomic mass is 9.85. The topological polar surface area (TPSA) is 75.3 Å². The van der Waals surface area contributed by atoms with E-state index in [9.17, 15) is 22.8 Å². The molecule has 6 nitrogen and oxygen atoms in total. The molecular weight excluding hydrogens is 385 g/mol. The van der Waals surface area contributed by atoms with Gasteiger partial charge < -0.3 is 9.64 Å². The molecule has 0 unspecified atom stereocenters. The van der Waals surface area contributed by atoms with Crippen LogP contribution < -0.4 is 5.46 Å². The van der Waals surface area contributed by atoms with E-state index in [2.05, 4.69) is 14.9 Å². The largest absolute Gasteiger partial charge is 0.469 e. The highest BCUT2D eigenvalue weighted by molar-refractivity contribution is 6.41. The van der Waals surface area contributed by atoms with Crippen molar-refractivity contribution in [3.63, 3.8) is 0 Å². The molecule has 1 atom stereocenters. The average molecular weight is 402 g/mol. The second-order valence-electron chi connectivity index (χ2n) is 6.59. The van der Waals surface area contributed by atoms with Gasteiger partial charge in [0.2, 0.25) is 5.91 Å². The maximum absolute atomic E-state index is 13.0. The van der Waals surface area contributed by atoms with E-state index in [1.165, 1.54) is 7.11 Å². The number of hydrogen-bond acceptors (Lipinski definition) is 4. The molecule has 0 saturated heterocycles. The number of halogens is 4. The monoisotopic (exact) mass is 401 g/mol. The molecule has 0 aliphatic carbocycles. The van der Waals surface area contributed by atoms with Crippen LogP contribution in [0.5, 0.6) is 0 Å². The zero-order valence-electron chi connectivity index (χ0n) is 14.6. The number of rotatable bonds is 3. The van der Waals surface area contributed by atoms with E-state index in [1.807, 2.05) is 7.85 Å². The van der Waals surface area contributed by atoms with Crippen molar-refractivity contribution in [2.45, 2.75) is 25.6 Å². The number of alkyl halides is 3. The summed E-state index contributed by atoms with van der Waals surface area (Å²) in [6.07, 6.45) is -4.74. The van der Waals surface area contributed by atoms with Crippen molar-refractivity contribution >= 4 is 47.7 Å². The van der Waals surface area contributed by atoms with E-state index < -0.39 is 30.5 Å². The molecular formula is C16H16BClF3N3O3. The van der Waals surface area contributed by atoms with Gasteiger partial charge in [-0.05, 0) is 17.5 Å². The summed E-state index contributed by atoms with van der Waals surface area (Å²) in [4.78, 5) is 25.2.